The molecule has 3 aromatic heterocycles. The van der Waals surface area contributed by atoms with Gasteiger partial charge in [-0.25, -0.2) is 9.97 Å². The fraction of sp³-hybridized carbons (Fsp3) is 0.0741. The predicted octanol–water partition coefficient (Wildman–Crippen LogP) is 3.77. The largest absolute Gasteiger partial charge is 0.382 e. The molecule has 174 valence electrons. The number of primary amides is 1. The average molecular weight is 465 g/mol. The fourth-order valence-electron chi connectivity index (χ4n) is 3.84. The van der Waals surface area contributed by atoms with E-state index in [2.05, 4.69) is 27.9 Å². The lowest BCUT2D eigenvalue weighted by atomic mass is 9.99. The van der Waals surface area contributed by atoms with Gasteiger partial charge in [-0.3, -0.25) is 19.1 Å². The summed E-state index contributed by atoms with van der Waals surface area (Å²) in [6, 6.07) is 21.8. The molecule has 4 N–H and O–H groups in total. The Hall–Kier alpha value is -4.85. The quantitative estimate of drug-likeness (QED) is 0.416. The Morgan fingerprint density at radius 2 is 1.71 bits per heavy atom. The maximum atomic E-state index is 13.4. The van der Waals surface area contributed by atoms with Crippen LogP contribution in [-0.2, 0) is 6.42 Å². The molecule has 0 bridgehead atoms. The van der Waals surface area contributed by atoms with E-state index in [4.69, 9.17) is 11.5 Å². The molecule has 0 aliphatic carbocycles. The lowest BCUT2D eigenvalue weighted by Gasteiger charge is -2.15. The van der Waals surface area contributed by atoms with Crippen molar-refractivity contribution in [2.75, 3.05) is 5.73 Å². The first-order valence-electron chi connectivity index (χ1n) is 11.0. The highest BCUT2D eigenvalue weighted by atomic mass is 16.1. The number of carbonyl (C=O) groups excluding carboxylic acids is 1. The smallest absolute Gasteiger partial charge is 0.271 e. The zero-order valence-corrected chi connectivity index (χ0v) is 19.1. The lowest BCUT2D eigenvalue weighted by molar-refractivity contribution is 0.0996. The second kappa shape index (κ2) is 10.4. The molecule has 8 nitrogen and oxygen atoms in total. The highest BCUT2D eigenvalue weighted by Gasteiger charge is 2.14. The van der Waals surface area contributed by atoms with E-state index in [1.165, 1.54) is 12.4 Å². The van der Waals surface area contributed by atoms with Crippen molar-refractivity contribution in [1.29, 1.82) is 0 Å². The highest BCUT2D eigenvalue weighted by Crippen LogP contribution is 2.27. The molecule has 0 unspecified atom stereocenters. The minimum absolute atomic E-state index is 0.0139. The van der Waals surface area contributed by atoms with Gasteiger partial charge < -0.3 is 11.5 Å². The Balaban J connectivity index is 0.000000243. The number of para-hydroxylation sites is 1. The van der Waals surface area contributed by atoms with Crippen molar-refractivity contribution in [2.24, 2.45) is 5.73 Å². The minimum atomic E-state index is -0.661. The molecule has 1 amide bonds. The molecular weight excluding hydrogens is 440 g/mol. The molecule has 0 aliphatic rings. The third-order valence-electron chi connectivity index (χ3n) is 5.43. The van der Waals surface area contributed by atoms with E-state index in [1.54, 1.807) is 12.4 Å². The summed E-state index contributed by atoms with van der Waals surface area (Å²) >= 11 is 0. The summed E-state index contributed by atoms with van der Waals surface area (Å²) < 4.78 is 1.82. The van der Waals surface area contributed by atoms with Gasteiger partial charge in [-0.05, 0) is 41.6 Å². The molecule has 5 aromatic rings. The number of hydrogen-bond acceptors (Lipinski definition) is 6. The van der Waals surface area contributed by atoms with Gasteiger partial charge in [-0.2, -0.15) is 0 Å². The van der Waals surface area contributed by atoms with E-state index in [1.807, 2.05) is 65.2 Å². The Bertz CT molecular complexity index is 1530. The van der Waals surface area contributed by atoms with E-state index in [0.29, 0.717) is 0 Å². The highest BCUT2D eigenvalue weighted by molar-refractivity contribution is 5.96. The van der Waals surface area contributed by atoms with Crippen LogP contribution < -0.4 is 17.0 Å². The summed E-state index contributed by atoms with van der Waals surface area (Å²) in [6.07, 6.45) is 7.08. The lowest BCUT2D eigenvalue weighted by Crippen LogP contribution is -2.22. The van der Waals surface area contributed by atoms with Crippen LogP contribution in [0.15, 0.2) is 96.3 Å². The summed E-state index contributed by atoms with van der Waals surface area (Å²) in [4.78, 5) is 35.3. The first kappa shape index (κ1) is 23.3. The standard InChI is InChI=1S/C22H18N2O.C5H6N4O/c1-2-18-14-16-8-6-12-20(17-9-7-13-23-15-17)21(16)22(25)24(18)19-10-4-3-5-11-19;6-4-3(5(7)10)8-1-2-9-4/h3-15H,2H2,1H3;1-2H,(H2,6,9)(H2,7,10). The predicted molar refractivity (Wildman–Crippen MR) is 137 cm³/mol. The van der Waals surface area contributed by atoms with Crippen LogP contribution in [0, 0.1) is 0 Å². The summed E-state index contributed by atoms with van der Waals surface area (Å²) in [5.74, 6) is -0.597. The van der Waals surface area contributed by atoms with Crippen molar-refractivity contribution < 1.29 is 4.79 Å². The Kier molecular flexibility index (Phi) is 6.92. The van der Waals surface area contributed by atoms with Crippen LogP contribution >= 0.6 is 0 Å². The van der Waals surface area contributed by atoms with E-state index in [9.17, 15) is 9.59 Å². The summed E-state index contributed by atoms with van der Waals surface area (Å²) in [5.41, 5.74) is 13.9. The number of rotatable bonds is 4. The van der Waals surface area contributed by atoms with Gasteiger partial charge in [-0.15, -0.1) is 0 Å². The molecule has 0 radical (unpaired) electrons. The Morgan fingerprint density at radius 1 is 0.943 bits per heavy atom. The normalized spacial score (nSPS) is 10.4. The molecule has 2 aromatic carbocycles. The summed E-state index contributed by atoms with van der Waals surface area (Å²) in [5, 5.41) is 1.70. The first-order valence-corrected chi connectivity index (χ1v) is 11.0. The van der Waals surface area contributed by atoms with Gasteiger partial charge in [-0.1, -0.05) is 49.4 Å². The Labute approximate surface area is 201 Å². The van der Waals surface area contributed by atoms with Crippen LogP contribution in [0.2, 0.25) is 0 Å². The molecule has 0 atom stereocenters. The summed E-state index contributed by atoms with van der Waals surface area (Å²) in [6.45, 7) is 2.07. The molecule has 0 saturated carbocycles. The maximum Gasteiger partial charge on any atom is 0.271 e. The molecule has 3 heterocycles. The molecule has 35 heavy (non-hydrogen) atoms. The number of nitrogens with two attached hydrogens (primary N) is 2. The molecule has 8 heteroatoms. The van der Waals surface area contributed by atoms with E-state index >= 15 is 0 Å². The second-order valence-electron chi connectivity index (χ2n) is 7.63. The topological polar surface area (TPSA) is 130 Å². The average Bonchev–Trinajstić information content (AvgIpc) is 2.89. The molecular formula is C27H24N6O2. The van der Waals surface area contributed by atoms with Crippen LogP contribution in [0.25, 0.3) is 27.6 Å². The van der Waals surface area contributed by atoms with Crippen LogP contribution in [0.5, 0.6) is 0 Å². The third kappa shape index (κ3) is 4.91. The molecule has 0 spiro atoms. The third-order valence-corrected chi connectivity index (χ3v) is 5.43. The van der Waals surface area contributed by atoms with Gasteiger partial charge in [0.1, 0.15) is 0 Å². The van der Waals surface area contributed by atoms with Crippen molar-refractivity contribution in [2.45, 2.75) is 13.3 Å². The van der Waals surface area contributed by atoms with Crippen molar-refractivity contribution in [3.05, 3.63) is 113 Å². The Morgan fingerprint density at radius 3 is 2.34 bits per heavy atom. The van der Waals surface area contributed by atoms with Gasteiger partial charge >= 0.3 is 0 Å². The molecule has 0 fully saturated rings. The van der Waals surface area contributed by atoms with Crippen molar-refractivity contribution >= 4 is 22.5 Å². The number of nitrogen functional groups attached to an aromatic ring is 1. The monoisotopic (exact) mass is 464 g/mol. The van der Waals surface area contributed by atoms with E-state index in [0.717, 1.165) is 39.7 Å². The number of aromatic nitrogens is 4. The number of carbonyl (C=O) groups is 1. The van der Waals surface area contributed by atoms with Gasteiger partial charge in [0.05, 0.1) is 5.39 Å². The van der Waals surface area contributed by atoms with E-state index in [-0.39, 0.29) is 17.1 Å². The number of fused-ring (bicyclic) bond motifs is 1. The van der Waals surface area contributed by atoms with Gasteiger partial charge in [0.15, 0.2) is 11.5 Å². The molecule has 0 aliphatic heterocycles. The fourth-order valence-corrected chi connectivity index (χ4v) is 3.84. The number of nitrogens with zero attached hydrogens (tertiary/aromatic N) is 4. The van der Waals surface area contributed by atoms with Crippen molar-refractivity contribution in [3.63, 3.8) is 0 Å². The van der Waals surface area contributed by atoms with Crippen LogP contribution in [-0.4, -0.2) is 25.4 Å². The van der Waals surface area contributed by atoms with Gasteiger partial charge in [0.2, 0.25) is 0 Å². The second-order valence-corrected chi connectivity index (χ2v) is 7.63. The molecule has 5 rings (SSSR count). The number of pyridine rings is 2. The van der Waals surface area contributed by atoms with Crippen molar-refractivity contribution in [3.8, 4) is 16.8 Å². The van der Waals surface area contributed by atoms with Crippen LogP contribution in [0.4, 0.5) is 5.82 Å². The number of amides is 1. The number of aryl methyl sites for hydroxylation is 1. The van der Waals surface area contributed by atoms with E-state index < -0.39 is 5.91 Å². The molecule has 0 saturated heterocycles. The maximum absolute atomic E-state index is 13.4. The van der Waals surface area contributed by atoms with Crippen molar-refractivity contribution in [1.82, 2.24) is 19.5 Å². The van der Waals surface area contributed by atoms with Crippen LogP contribution in [0.1, 0.15) is 23.1 Å². The minimum Gasteiger partial charge on any atom is -0.382 e. The number of benzene rings is 2. The zero-order chi connectivity index (χ0) is 24.8. The van der Waals surface area contributed by atoms with Crippen LogP contribution in [0.3, 0.4) is 0 Å². The number of anilines is 1. The van der Waals surface area contributed by atoms with Gasteiger partial charge in [0.25, 0.3) is 11.5 Å². The SMILES string of the molecule is CCc1cc2cccc(-c3cccnc3)c2c(=O)n1-c1ccccc1.NC(=O)c1nccnc1N. The summed E-state index contributed by atoms with van der Waals surface area (Å²) in [7, 11) is 0. The first-order chi connectivity index (χ1) is 17.0. The number of hydrogen-bond donors (Lipinski definition) is 2. The zero-order valence-electron chi connectivity index (χ0n) is 19.1. The van der Waals surface area contributed by atoms with Gasteiger partial charge in [0, 0.05) is 41.7 Å².